The van der Waals surface area contributed by atoms with Crippen LogP contribution >= 0.6 is 0 Å². The molecule has 13 heavy (non-hydrogen) atoms. The monoisotopic (exact) mass is 205 g/mol. The third kappa shape index (κ3) is 2.80. The SMILES string of the molecule is CS(=O)(=O)CCN1C(=O)CCC1=O. The molecule has 0 bridgehead atoms. The Kier molecular flexibility index (Phi) is 2.70. The van der Waals surface area contributed by atoms with Crippen LogP contribution in [0.4, 0.5) is 0 Å². The van der Waals surface area contributed by atoms with E-state index in [9.17, 15) is 18.0 Å². The van der Waals surface area contributed by atoms with Crippen LogP contribution in [0, 0.1) is 0 Å². The van der Waals surface area contributed by atoms with Gasteiger partial charge in [0.05, 0.1) is 5.75 Å². The van der Waals surface area contributed by atoms with Crippen molar-refractivity contribution >= 4 is 21.7 Å². The van der Waals surface area contributed by atoms with Gasteiger partial charge in [-0.15, -0.1) is 0 Å². The second-order valence-electron chi connectivity index (χ2n) is 3.07. The van der Waals surface area contributed by atoms with Gasteiger partial charge >= 0.3 is 0 Å². The molecule has 5 nitrogen and oxygen atoms in total. The molecule has 6 heteroatoms. The molecule has 1 aliphatic heterocycles. The molecule has 0 aliphatic carbocycles. The van der Waals surface area contributed by atoms with Gasteiger partial charge in [0.15, 0.2) is 0 Å². The second kappa shape index (κ2) is 3.45. The van der Waals surface area contributed by atoms with E-state index in [0.29, 0.717) is 0 Å². The normalized spacial score (nSPS) is 18.4. The molecule has 74 valence electrons. The number of rotatable bonds is 3. The standard InChI is InChI=1S/C7H11NO4S/c1-13(11,12)5-4-8-6(9)2-3-7(8)10/h2-5H2,1H3. The summed E-state index contributed by atoms with van der Waals surface area (Å²) >= 11 is 0. The fraction of sp³-hybridized carbons (Fsp3) is 0.714. The van der Waals surface area contributed by atoms with Crippen molar-refractivity contribution in [2.45, 2.75) is 12.8 Å². The van der Waals surface area contributed by atoms with Crippen LogP contribution in [0.15, 0.2) is 0 Å². The van der Waals surface area contributed by atoms with E-state index in [0.717, 1.165) is 11.2 Å². The maximum Gasteiger partial charge on any atom is 0.229 e. The van der Waals surface area contributed by atoms with Crippen molar-refractivity contribution in [1.82, 2.24) is 4.90 Å². The molecule has 2 amide bonds. The van der Waals surface area contributed by atoms with E-state index in [1.165, 1.54) is 0 Å². The minimum atomic E-state index is -3.10. The molecule has 0 spiro atoms. The first-order chi connectivity index (χ1) is 5.90. The summed E-state index contributed by atoms with van der Waals surface area (Å²) in [5.41, 5.74) is 0. The number of amides is 2. The molecule has 1 rings (SSSR count). The van der Waals surface area contributed by atoms with Crippen LogP contribution < -0.4 is 0 Å². The van der Waals surface area contributed by atoms with Gasteiger partial charge in [0.25, 0.3) is 0 Å². The molecule has 1 fully saturated rings. The quantitative estimate of drug-likeness (QED) is 0.564. The molecule has 0 N–H and O–H groups in total. The van der Waals surface area contributed by atoms with Crippen molar-refractivity contribution in [1.29, 1.82) is 0 Å². The number of hydrogen-bond acceptors (Lipinski definition) is 4. The van der Waals surface area contributed by atoms with Crippen LogP contribution in [0.5, 0.6) is 0 Å². The molecule has 0 aromatic heterocycles. The smallest absolute Gasteiger partial charge is 0.229 e. The highest BCUT2D eigenvalue weighted by Crippen LogP contribution is 2.10. The molecule has 0 atom stereocenters. The van der Waals surface area contributed by atoms with Crippen molar-refractivity contribution < 1.29 is 18.0 Å². The predicted octanol–water partition coefficient (Wildman–Crippen LogP) is -0.820. The van der Waals surface area contributed by atoms with E-state index >= 15 is 0 Å². The molecule has 0 unspecified atom stereocenters. The molecule has 0 aromatic rings. The van der Waals surface area contributed by atoms with Crippen molar-refractivity contribution in [3.63, 3.8) is 0 Å². The largest absolute Gasteiger partial charge is 0.282 e. The van der Waals surface area contributed by atoms with Gasteiger partial charge in [0.1, 0.15) is 9.84 Å². The van der Waals surface area contributed by atoms with Crippen LogP contribution in [0.1, 0.15) is 12.8 Å². The van der Waals surface area contributed by atoms with Gasteiger partial charge in [-0.1, -0.05) is 0 Å². The first-order valence-corrected chi connectivity index (χ1v) is 5.97. The van der Waals surface area contributed by atoms with Crippen molar-refractivity contribution in [2.24, 2.45) is 0 Å². The Morgan fingerprint density at radius 1 is 1.23 bits per heavy atom. The zero-order valence-electron chi connectivity index (χ0n) is 7.32. The Hall–Kier alpha value is -0.910. The number of hydrogen-bond donors (Lipinski definition) is 0. The van der Waals surface area contributed by atoms with Crippen molar-refractivity contribution in [2.75, 3.05) is 18.6 Å². The Bertz CT molecular complexity index is 316. The predicted molar refractivity (Wildman–Crippen MR) is 45.7 cm³/mol. The number of nitrogens with zero attached hydrogens (tertiary/aromatic N) is 1. The minimum absolute atomic E-state index is 0.00347. The minimum Gasteiger partial charge on any atom is -0.282 e. The highest BCUT2D eigenvalue weighted by Gasteiger charge is 2.28. The molecular formula is C7H11NO4S. The Morgan fingerprint density at radius 3 is 2.08 bits per heavy atom. The topological polar surface area (TPSA) is 71.5 Å². The van der Waals surface area contributed by atoms with Gasteiger partial charge in [0, 0.05) is 25.6 Å². The summed E-state index contributed by atoms with van der Waals surface area (Å²) < 4.78 is 21.5. The van der Waals surface area contributed by atoms with Crippen LogP contribution in [0.3, 0.4) is 0 Å². The van der Waals surface area contributed by atoms with Gasteiger partial charge in [0.2, 0.25) is 11.8 Å². The van der Waals surface area contributed by atoms with Gasteiger partial charge in [-0.3, -0.25) is 14.5 Å². The van der Waals surface area contributed by atoms with E-state index in [1.807, 2.05) is 0 Å². The van der Waals surface area contributed by atoms with Crippen LogP contribution in [-0.4, -0.2) is 43.7 Å². The highest BCUT2D eigenvalue weighted by molar-refractivity contribution is 7.90. The molecule has 1 saturated heterocycles. The third-order valence-electron chi connectivity index (χ3n) is 1.84. The van der Waals surface area contributed by atoms with E-state index in [2.05, 4.69) is 0 Å². The summed E-state index contributed by atoms with van der Waals surface area (Å²) in [5, 5.41) is 0. The fourth-order valence-corrected chi connectivity index (χ4v) is 1.64. The average Bonchev–Trinajstić information content (AvgIpc) is 2.27. The summed E-state index contributed by atoms with van der Waals surface area (Å²) in [6.45, 7) is -0.00347. The summed E-state index contributed by atoms with van der Waals surface area (Å²) in [7, 11) is -3.10. The van der Waals surface area contributed by atoms with Gasteiger partial charge < -0.3 is 0 Å². The molecule has 1 aliphatic rings. The van der Waals surface area contributed by atoms with E-state index in [4.69, 9.17) is 0 Å². The van der Waals surface area contributed by atoms with Gasteiger partial charge in [-0.25, -0.2) is 8.42 Å². The molecule has 1 heterocycles. The van der Waals surface area contributed by atoms with E-state index in [-0.39, 0.29) is 37.0 Å². The summed E-state index contributed by atoms with van der Waals surface area (Å²) in [5.74, 6) is -0.688. The first-order valence-electron chi connectivity index (χ1n) is 3.91. The Labute approximate surface area is 76.6 Å². The maximum absolute atomic E-state index is 11.0. The number of carbonyl (C=O) groups excluding carboxylic acids is 2. The fourth-order valence-electron chi connectivity index (χ4n) is 1.13. The van der Waals surface area contributed by atoms with Gasteiger partial charge in [-0.05, 0) is 0 Å². The lowest BCUT2D eigenvalue weighted by Crippen LogP contribution is -2.33. The maximum atomic E-state index is 11.0. The molecule has 0 saturated carbocycles. The Balaban J connectivity index is 2.54. The lowest BCUT2D eigenvalue weighted by molar-refractivity contribution is -0.137. The highest BCUT2D eigenvalue weighted by atomic mass is 32.2. The van der Waals surface area contributed by atoms with Gasteiger partial charge in [-0.2, -0.15) is 0 Å². The molecule has 0 aromatic carbocycles. The Morgan fingerprint density at radius 2 is 1.69 bits per heavy atom. The number of imide groups is 1. The second-order valence-corrected chi connectivity index (χ2v) is 5.33. The zero-order chi connectivity index (χ0) is 10.1. The number of sulfone groups is 1. The summed E-state index contributed by atoms with van der Waals surface area (Å²) in [4.78, 5) is 23.0. The van der Waals surface area contributed by atoms with Crippen LogP contribution in [0.25, 0.3) is 0 Å². The summed E-state index contributed by atoms with van der Waals surface area (Å²) in [6, 6.07) is 0. The average molecular weight is 205 g/mol. The van der Waals surface area contributed by atoms with Crippen molar-refractivity contribution in [3.8, 4) is 0 Å². The third-order valence-corrected chi connectivity index (χ3v) is 2.76. The molecular weight excluding hydrogens is 194 g/mol. The first kappa shape index (κ1) is 10.2. The zero-order valence-corrected chi connectivity index (χ0v) is 8.13. The van der Waals surface area contributed by atoms with E-state index < -0.39 is 9.84 Å². The van der Waals surface area contributed by atoms with Crippen LogP contribution in [0.2, 0.25) is 0 Å². The van der Waals surface area contributed by atoms with Crippen molar-refractivity contribution in [3.05, 3.63) is 0 Å². The lowest BCUT2D eigenvalue weighted by atomic mass is 10.4. The summed E-state index contributed by atoms with van der Waals surface area (Å²) in [6.07, 6.45) is 1.50. The van der Waals surface area contributed by atoms with Crippen LogP contribution in [-0.2, 0) is 19.4 Å². The molecule has 0 radical (unpaired) electrons. The lowest BCUT2D eigenvalue weighted by Gasteiger charge is -2.11. The number of carbonyl (C=O) groups is 2. The number of likely N-dealkylation sites (tertiary alicyclic amines) is 1. The van der Waals surface area contributed by atoms with E-state index in [1.54, 1.807) is 0 Å².